The van der Waals surface area contributed by atoms with Gasteiger partial charge < -0.3 is 10.4 Å². The van der Waals surface area contributed by atoms with Crippen LogP contribution in [0, 0.1) is 11.8 Å². The van der Waals surface area contributed by atoms with Gasteiger partial charge in [0.05, 0.1) is 11.6 Å². The summed E-state index contributed by atoms with van der Waals surface area (Å²) in [5, 5.41) is 12.2. The Morgan fingerprint density at radius 1 is 1.47 bits per heavy atom. The van der Waals surface area contributed by atoms with Crippen molar-refractivity contribution in [1.82, 2.24) is 10.3 Å². The molecule has 4 heteroatoms. The van der Waals surface area contributed by atoms with Crippen LogP contribution in [0.3, 0.4) is 0 Å². The van der Waals surface area contributed by atoms with E-state index >= 15 is 0 Å². The summed E-state index contributed by atoms with van der Waals surface area (Å²) in [4.78, 5) is 15.2. The van der Waals surface area contributed by atoms with Gasteiger partial charge in [-0.3, -0.25) is 9.78 Å². The average Bonchev–Trinajstić information content (AvgIpc) is 2.28. The van der Waals surface area contributed by atoms with Crippen LogP contribution in [-0.2, 0) is 11.3 Å². The highest BCUT2D eigenvalue weighted by atomic mass is 16.4. The van der Waals surface area contributed by atoms with Crippen LogP contribution >= 0.6 is 0 Å². The van der Waals surface area contributed by atoms with Crippen LogP contribution < -0.4 is 5.32 Å². The van der Waals surface area contributed by atoms with Gasteiger partial charge >= 0.3 is 5.97 Å². The molecule has 0 bridgehead atoms. The van der Waals surface area contributed by atoms with Crippen LogP contribution in [0.25, 0.3) is 0 Å². The van der Waals surface area contributed by atoms with E-state index in [0.29, 0.717) is 25.4 Å². The quantitative estimate of drug-likeness (QED) is 0.759. The topological polar surface area (TPSA) is 62.2 Å². The Hall–Kier alpha value is -1.42. The SMILES string of the molecule is CC(C)CC(CNCc1ccccn1)C(=O)O. The predicted molar refractivity (Wildman–Crippen MR) is 66.5 cm³/mol. The maximum absolute atomic E-state index is 11.0. The van der Waals surface area contributed by atoms with Gasteiger partial charge in [0.25, 0.3) is 0 Å². The van der Waals surface area contributed by atoms with Crippen molar-refractivity contribution in [3.8, 4) is 0 Å². The number of carboxylic acid groups (broad SMARTS) is 1. The summed E-state index contributed by atoms with van der Waals surface area (Å²) in [5.41, 5.74) is 0.932. The normalized spacial score (nSPS) is 12.6. The van der Waals surface area contributed by atoms with Crippen molar-refractivity contribution < 1.29 is 9.90 Å². The number of aliphatic carboxylic acids is 1. The molecule has 0 aliphatic heterocycles. The molecular weight excluding hydrogens is 216 g/mol. The number of nitrogens with zero attached hydrogens (tertiary/aromatic N) is 1. The molecule has 1 aromatic rings. The fourth-order valence-electron chi connectivity index (χ4n) is 1.72. The highest BCUT2D eigenvalue weighted by Gasteiger charge is 2.18. The van der Waals surface area contributed by atoms with Gasteiger partial charge in [-0.1, -0.05) is 19.9 Å². The summed E-state index contributed by atoms with van der Waals surface area (Å²) in [5.74, 6) is -0.654. The van der Waals surface area contributed by atoms with E-state index in [1.165, 1.54) is 0 Å². The standard InChI is InChI=1S/C13H20N2O2/c1-10(2)7-11(13(16)17)8-14-9-12-5-3-4-6-15-12/h3-6,10-11,14H,7-9H2,1-2H3,(H,16,17). The fourth-order valence-corrected chi connectivity index (χ4v) is 1.72. The lowest BCUT2D eigenvalue weighted by atomic mass is 9.97. The molecule has 2 N–H and O–H groups in total. The second-order valence-electron chi connectivity index (χ2n) is 4.62. The van der Waals surface area contributed by atoms with E-state index in [2.05, 4.69) is 10.3 Å². The van der Waals surface area contributed by atoms with E-state index in [1.54, 1.807) is 6.20 Å². The van der Waals surface area contributed by atoms with Crippen molar-refractivity contribution >= 4 is 5.97 Å². The van der Waals surface area contributed by atoms with Crippen LogP contribution in [0.5, 0.6) is 0 Å². The maximum atomic E-state index is 11.0. The van der Waals surface area contributed by atoms with Crippen molar-refractivity contribution in [2.24, 2.45) is 11.8 Å². The zero-order chi connectivity index (χ0) is 12.7. The molecule has 0 aliphatic rings. The summed E-state index contributed by atoms with van der Waals surface area (Å²) >= 11 is 0. The zero-order valence-corrected chi connectivity index (χ0v) is 10.4. The first kappa shape index (κ1) is 13.6. The molecule has 94 valence electrons. The first-order valence-electron chi connectivity index (χ1n) is 5.93. The van der Waals surface area contributed by atoms with Gasteiger partial charge in [-0.15, -0.1) is 0 Å². The zero-order valence-electron chi connectivity index (χ0n) is 10.4. The Morgan fingerprint density at radius 3 is 2.76 bits per heavy atom. The molecule has 1 atom stereocenters. The lowest BCUT2D eigenvalue weighted by molar-refractivity contribution is -0.142. The van der Waals surface area contributed by atoms with Gasteiger partial charge in [-0.2, -0.15) is 0 Å². The molecule has 0 saturated carbocycles. The van der Waals surface area contributed by atoms with E-state index in [9.17, 15) is 4.79 Å². The molecule has 0 amide bonds. The molecule has 1 aromatic heterocycles. The minimum atomic E-state index is -0.729. The first-order valence-corrected chi connectivity index (χ1v) is 5.93. The number of carbonyl (C=O) groups is 1. The van der Waals surface area contributed by atoms with Gasteiger partial charge in [0.2, 0.25) is 0 Å². The number of hydrogen-bond acceptors (Lipinski definition) is 3. The van der Waals surface area contributed by atoms with E-state index in [4.69, 9.17) is 5.11 Å². The molecule has 0 saturated heterocycles. The van der Waals surface area contributed by atoms with Crippen molar-refractivity contribution in [3.63, 3.8) is 0 Å². The minimum absolute atomic E-state index is 0.321. The minimum Gasteiger partial charge on any atom is -0.481 e. The fraction of sp³-hybridized carbons (Fsp3) is 0.538. The molecule has 0 fully saturated rings. The van der Waals surface area contributed by atoms with Crippen molar-refractivity contribution in [2.75, 3.05) is 6.54 Å². The number of nitrogens with one attached hydrogen (secondary N) is 1. The number of rotatable bonds is 7. The maximum Gasteiger partial charge on any atom is 0.307 e. The van der Waals surface area contributed by atoms with E-state index in [-0.39, 0.29) is 5.92 Å². The van der Waals surface area contributed by atoms with Gasteiger partial charge in [0.15, 0.2) is 0 Å². The Labute approximate surface area is 102 Å². The summed E-state index contributed by atoms with van der Waals surface area (Å²) in [7, 11) is 0. The third-order valence-corrected chi connectivity index (χ3v) is 2.53. The molecular formula is C13H20N2O2. The number of carboxylic acids is 1. The average molecular weight is 236 g/mol. The van der Waals surface area contributed by atoms with Crippen LogP contribution in [0.2, 0.25) is 0 Å². The predicted octanol–water partition coefficient (Wildman–Crippen LogP) is 1.92. The largest absolute Gasteiger partial charge is 0.481 e. The smallest absolute Gasteiger partial charge is 0.307 e. The van der Waals surface area contributed by atoms with E-state index in [1.807, 2.05) is 32.0 Å². The summed E-state index contributed by atoms with van der Waals surface area (Å²) in [6.45, 7) is 5.18. The summed E-state index contributed by atoms with van der Waals surface area (Å²) < 4.78 is 0. The molecule has 1 unspecified atom stereocenters. The van der Waals surface area contributed by atoms with E-state index in [0.717, 1.165) is 5.69 Å². The van der Waals surface area contributed by atoms with Crippen molar-refractivity contribution in [1.29, 1.82) is 0 Å². The van der Waals surface area contributed by atoms with Crippen LogP contribution in [0.1, 0.15) is 26.0 Å². The molecule has 0 spiro atoms. The first-order chi connectivity index (χ1) is 8.09. The van der Waals surface area contributed by atoms with Crippen molar-refractivity contribution in [2.45, 2.75) is 26.8 Å². The monoisotopic (exact) mass is 236 g/mol. The number of hydrogen-bond donors (Lipinski definition) is 2. The van der Waals surface area contributed by atoms with Gasteiger partial charge in [0.1, 0.15) is 0 Å². The lowest BCUT2D eigenvalue weighted by Gasteiger charge is -2.15. The highest BCUT2D eigenvalue weighted by Crippen LogP contribution is 2.11. The Morgan fingerprint density at radius 2 is 2.24 bits per heavy atom. The Balaban J connectivity index is 2.35. The Kier molecular flexibility index (Phi) is 5.63. The highest BCUT2D eigenvalue weighted by molar-refractivity contribution is 5.70. The molecule has 0 radical (unpaired) electrons. The van der Waals surface area contributed by atoms with Gasteiger partial charge in [-0.25, -0.2) is 0 Å². The van der Waals surface area contributed by atoms with Crippen molar-refractivity contribution in [3.05, 3.63) is 30.1 Å². The number of pyridine rings is 1. The van der Waals surface area contributed by atoms with Crippen LogP contribution in [0.15, 0.2) is 24.4 Å². The molecule has 1 heterocycles. The molecule has 17 heavy (non-hydrogen) atoms. The summed E-state index contributed by atoms with van der Waals surface area (Å²) in [6.07, 6.45) is 2.43. The van der Waals surface area contributed by atoms with Crippen LogP contribution in [0.4, 0.5) is 0 Å². The molecule has 0 aromatic carbocycles. The summed E-state index contributed by atoms with van der Waals surface area (Å²) in [6, 6.07) is 5.71. The second-order valence-corrected chi connectivity index (χ2v) is 4.62. The van der Waals surface area contributed by atoms with Gasteiger partial charge in [0, 0.05) is 19.3 Å². The molecule has 0 aliphatic carbocycles. The van der Waals surface area contributed by atoms with E-state index < -0.39 is 5.97 Å². The third kappa shape index (κ3) is 5.45. The second kappa shape index (κ2) is 7.01. The molecule has 1 rings (SSSR count). The van der Waals surface area contributed by atoms with Gasteiger partial charge in [-0.05, 0) is 24.5 Å². The number of aromatic nitrogens is 1. The van der Waals surface area contributed by atoms with Crippen LogP contribution in [-0.4, -0.2) is 22.6 Å². The Bertz CT molecular complexity index is 339. The third-order valence-electron chi connectivity index (χ3n) is 2.53. The molecule has 4 nitrogen and oxygen atoms in total. The lowest BCUT2D eigenvalue weighted by Crippen LogP contribution is -2.29.